The van der Waals surface area contributed by atoms with Gasteiger partial charge in [0.2, 0.25) is 0 Å². The largest absolute Gasteiger partial charge is 0.435 e. The zero-order valence-electron chi connectivity index (χ0n) is 18.6. The van der Waals surface area contributed by atoms with Crippen LogP contribution in [-0.2, 0) is 20.0 Å². The SMILES string of the molecule is CC(OCCC1CCCCC1)OC(=O)CSCc1cccc2cc3c(cc12)=CCCC=3. The number of benzene rings is 2. The summed E-state index contributed by atoms with van der Waals surface area (Å²) >= 11 is 1.61. The van der Waals surface area contributed by atoms with E-state index in [0.717, 1.165) is 30.9 Å². The van der Waals surface area contributed by atoms with E-state index in [1.165, 1.54) is 58.9 Å². The van der Waals surface area contributed by atoms with Crippen molar-refractivity contribution in [2.45, 2.75) is 70.3 Å². The van der Waals surface area contributed by atoms with Crippen LogP contribution in [0.5, 0.6) is 0 Å². The maximum atomic E-state index is 12.2. The second-order valence-electron chi connectivity index (χ2n) is 8.82. The Morgan fingerprint density at radius 3 is 2.68 bits per heavy atom. The Hall–Kier alpha value is -1.78. The molecule has 2 aromatic carbocycles. The second kappa shape index (κ2) is 11.2. The van der Waals surface area contributed by atoms with E-state index in [-0.39, 0.29) is 5.97 Å². The molecule has 2 aromatic rings. The van der Waals surface area contributed by atoms with Crippen LogP contribution in [-0.4, -0.2) is 24.6 Å². The summed E-state index contributed by atoms with van der Waals surface area (Å²) in [6.07, 6.45) is 14.2. The molecule has 0 spiro atoms. The number of carbonyl (C=O) groups is 1. The summed E-state index contributed by atoms with van der Waals surface area (Å²) in [5.74, 6) is 1.73. The molecule has 0 saturated heterocycles. The Morgan fingerprint density at radius 2 is 1.87 bits per heavy atom. The smallest absolute Gasteiger partial charge is 0.318 e. The minimum Gasteiger partial charge on any atom is -0.435 e. The lowest BCUT2D eigenvalue weighted by molar-refractivity contribution is -0.172. The number of rotatable bonds is 9. The van der Waals surface area contributed by atoms with Crippen LogP contribution in [0.25, 0.3) is 22.9 Å². The van der Waals surface area contributed by atoms with Gasteiger partial charge in [0.15, 0.2) is 6.29 Å². The van der Waals surface area contributed by atoms with Crippen molar-refractivity contribution in [3.8, 4) is 0 Å². The summed E-state index contributed by atoms with van der Waals surface area (Å²) < 4.78 is 11.2. The molecular formula is C27H34O3S. The minimum absolute atomic E-state index is 0.198. The van der Waals surface area contributed by atoms with Crippen LogP contribution >= 0.6 is 11.8 Å². The summed E-state index contributed by atoms with van der Waals surface area (Å²) in [6, 6.07) is 11.0. The Morgan fingerprint density at radius 1 is 1.10 bits per heavy atom. The fourth-order valence-corrected chi connectivity index (χ4v) is 5.56. The van der Waals surface area contributed by atoms with Gasteiger partial charge >= 0.3 is 5.97 Å². The fourth-order valence-electron chi connectivity index (χ4n) is 4.76. The summed E-state index contributed by atoms with van der Waals surface area (Å²) in [4.78, 5) is 12.2. The number of thioether (sulfide) groups is 1. The number of esters is 1. The normalized spacial score (nSPS) is 17.5. The van der Waals surface area contributed by atoms with Crippen molar-refractivity contribution >= 4 is 40.7 Å². The van der Waals surface area contributed by atoms with E-state index in [1.54, 1.807) is 11.8 Å². The van der Waals surface area contributed by atoms with E-state index in [9.17, 15) is 4.79 Å². The highest BCUT2D eigenvalue weighted by atomic mass is 32.2. The fraction of sp³-hybridized carbons (Fsp3) is 0.519. The van der Waals surface area contributed by atoms with E-state index in [4.69, 9.17) is 9.47 Å². The maximum Gasteiger partial charge on any atom is 0.318 e. The molecule has 166 valence electrons. The van der Waals surface area contributed by atoms with Crippen molar-refractivity contribution in [3.63, 3.8) is 0 Å². The molecule has 0 heterocycles. The van der Waals surface area contributed by atoms with Gasteiger partial charge in [-0.05, 0) is 71.0 Å². The van der Waals surface area contributed by atoms with Gasteiger partial charge in [-0.3, -0.25) is 4.79 Å². The molecule has 2 aliphatic carbocycles. The van der Waals surface area contributed by atoms with E-state index in [2.05, 4.69) is 42.5 Å². The highest BCUT2D eigenvalue weighted by molar-refractivity contribution is 7.99. The quantitative estimate of drug-likeness (QED) is 0.393. The summed E-state index contributed by atoms with van der Waals surface area (Å²) in [5.41, 5.74) is 1.27. The average molecular weight is 439 g/mol. The third kappa shape index (κ3) is 6.36. The average Bonchev–Trinajstić information content (AvgIpc) is 2.78. The molecule has 0 bridgehead atoms. The number of carbonyl (C=O) groups excluding carboxylic acids is 1. The van der Waals surface area contributed by atoms with Gasteiger partial charge in [0.05, 0.1) is 12.4 Å². The van der Waals surface area contributed by atoms with Gasteiger partial charge in [-0.1, -0.05) is 62.5 Å². The van der Waals surface area contributed by atoms with Gasteiger partial charge in [-0.15, -0.1) is 11.8 Å². The highest BCUT2D eigenvalue weighted by Crippen LogP contribution is 2.26. The molecule has 2 aliphatic rings. The predicted octanol–water partition coefficient (Wildman–Crippen LogP) is 5.30. The van der Waals surface area contributed by atoms with Crippen molar-refractivity contribution in [1.29, 1.82) is 0 Å². The molecule has 0 aliphatic heterocycles. The van der Waals surface area contributed by atoms with Crippen LogP contribution in [0.15, 0.2) is 30.3 Å². The van der Waals surface area contributed by atoms with Crippen molar-refractivity contribution < 1.29 is 14.3 Å². The van der Waals surface area contributed by atoms with E-state index in [0.29, 0.717) is 12.4 Å². The van der Waals surface area contributed by atoms with E-state index < -0.39 is 6.29 Å². The molecule has 1 atom stereocenters. The summed E-state index contributed by atoms with van der Waals surface area (Å²) in [7, 11) is 0. The van der Waals surface area contributed by atoms with Gasteiger partial charge in [-0.2, -0.15) is 0 Å². The number of ether oxygens (including phenoxy) is 2. The lowest BCUT2D eigenvalue weighted by atomic mass is 9.87. The van der Waals surface area contributed by atoms with E-state index >= 15 is 0 Å². The van der Waals surface area contributed by atoms with Crippen LogP contribution in [0.3, 0.4) is 0 Å². The van der Waals surface area contributed by atoms with Crippen LogP contribution in [0.2, 0.25) is 0 Å². The van der Waals surface area contributed by atoms with E-state index in [1.807, 2.05) is 6.92 Å². The molecule has 0 N–H and O–H groups in total. The molecule has 1 saturated carbocycles. The van der Waals surface area contributed by atoms with Gasteiger partial charge in [0.25, 0.3) is 0 Å². The first-order valence-electron chi connectivity index (χ1n) is 11.8. The molecule has 1 fully saturated rings. The van der Waals surface area contributed by atoms with Crippen LogP contribution < -0.4 is 10.4 Å². The van der Waals surface area contributed by atoms with Gasteiger partial charge < -0.3 is 9.47 Å². The first-order chi connectivity index (χ1) is 15.2. The molecule has 31 heavy (non-hydrogen) atoms. The topological polar surface area (TPSA) is 35.5 Å². The summed E-state index contributed by atoms with van der Waals surface area (Å²) in [6.45, 7) is 2.51. The second-order valence-corrected chi connectivity index (χ2v) is 9.80. The zero-order chi connectivity index (χ0) is 21.5. The van der Waals surface area contributed by atoms with Crippen molar-refractivity contribution in [1.82, 2.24) is 0 Å². The third-order valence-electron chi connectivity index (χ3n) is 6.45. The first-order valence-corrected chi connectivity index (χ1v) is 13.0. The molecule has 4 heteroatoms. The van der Waals surface area contributed by atoms with Gasteiger partial charge in [0.1, 0.15) is 0 Å². The Balaban J connectivity index is 1.23. The predicted molar refractivity (Wildman–Crippen MR) is 130 cm³/mol. The maximum absolute atomic E-state index is 12.2. The Kier molecular flexibility index (Phi) is 8.09. The molecule has 0 aromatic heterocycles. The molecule has 4 rings (SSSR count). The third-order valence-corrected chi connectivity index (χ3v) is 7.40. The van der Waals surface area contributed by atoms with Crippen LogP contribution in [0, 0.1) is 5.92 Å². The lowest BCUT2D eigenvalue weighted by Crippen LogP contribution is -2.26. The number of hydrogen-bond acceptors (Lipinski definition) is 4. The molecule has 3 nitrogen and oxygen atoms in total. The summed E-state index contributed by atoms with van der Waals surface area (Å²) in [5, 5.41) is 5.22. The Bertz CT molecular complexity index is 1010. The van der Waals surface area contributed by atoms with Crippen molar-refractivity contribution in [2.24, 2.45) is 5.92 Å². The van der Waals surface area contributed by atoms with Gasteiger partial charge in [0, 0.05) is 5.75 Å². The molecule has 1 unspecified atom stereocenters. The lowest BCUT2D eigenvalue weighted by Gasteiger charge is -2.22. The highest BCUT2D eigenvalue weighted by Gasteiger charge is 2.15. The molecule has 0 amide bonds. The standard InChI is InChI=1S/C27H34O3S/c1-20(29-15-14-21-8-3-2-4-9-21)30-27(28)19-31-18-25-13-7-12-24-16-22-10-5-6-11-23(22)17-26(24)25/h7,10-13,16-17,20-21H,2-6,8-9,14-15,18-19H2,1H3. The molecular weight excluding hydrogens is 404 g/mol. The Labute approximate surface area is 189 Å². The number of fused-ring (bicyclic) bond motifs is 2. The number of hydrogen-bond donors (Lipinski definition) is 0. The van der Waals surface area contributed by atoms with Gasteiger partial charge in [-0.25, -0.2) is 0 Å². The van der Waals surface area contributed by atoms with Crippen LogP contribution in [0.4, 0.5) is 0 Å². The van der Waals surface area contributed by atoms with Crippen LogP contribution in [0.1, 0.15) is 63.9 Å². The minimum atomic E-state index is -0.465. The zero-order valence-corrected chi connectivity index (χ0v) is 19.4. The van der Waals surface area contributed by atoms with Crippen molar-refractivity contribution in [2.75, 3.05) is 12.4 Å². The van der Waals surface area contributed by atoms with Crippen molar-refractivity contribution in [3.05, 3.63) is 46.3 Å². The molecule has 0 radical (unpaired) electrons. The first kappa shape index (κ1) is 22.4. The monoisotopic (exact) mass is 438 g/mol.